The van der Waals surface area contributed by atoms with Crippen LogP contribution in [0.5, 0.6) is 0 Å². The number of amides is 1. The molecule has 5 heteroatoms. The molecular formula is C15H25N3OS. The average Bonchev–Trinajstić information content (AvgIpc) is 2.78. The normalized spacial score (nSPS) is 17.6. The summed E-state index contributed by atoms with van der Waals surface area (Å²) in [6.45, 7) is 9.64. The molecule has 2 rings (SSSR count). The van der Waals surface area contributed by atoms with Crippen molar-refractivity contribution >= 4 is 22.4 Å². The monoisotopic (exact) mass is 295 g/mol. The van der Waals surface area contributed by atoms with Gasteiger partial charge in [0, 0.05) is 18.3 Å². The molecule has 112 valence electrons. The quantitative estimate of drug-likeness (QED) is 0.906. The molecule has 1 amide bonds. The van der Waals surface area contributed by atoms with Crippen molar-refractivity contribution in [3.05, 3.63) is 11.1 Å². The third-order valence-electron chi connectivity index (χ3n) is 3.65. The molecule has 0 aliphatic carbocycles. The van der Waals surface area contributed by atoms with E-state index in [9.17, 15) is 4.79 Å². The van der Waals surface area contributed by atoms with Crippen LogP contribution in [-0.4, -0.2) is 28.9 Å². The zero-order chi connectivity index (χ0) is 14.5. The Labute approximate surface area is 125 Å². The van der Waals surface area contributed by atoms with Gasteiger partial charge in [-0.05, 0) is 37.8 Å². The fourth-order valence-corrected chi connectivity index (χ4v) is 3.14. The van der Waals surface area contributed by atoms with Crippen molar-refractivity contribution in [3.63, 3.8) is 0 Å². The number of piperidine rings is 1. The molecule has 4 nitrogen and oxygen atoms in total. The van der Waals surface area contributed by atoms with Gasteiger partial charge in [-0.2, -0.15) is 0 Å². The predicted octanol–water partition coefficient (Wildman–Crippen LogP) is 3.36. The largest absolute Gasteiger partial charge is 0.302 e. The molecule has 0 unspecified atom stereocenters. The lowest BCUT2D eigenvalue weighted by molar-refractivity contribution is -0.116. The molecule has 1 aliphatic rings. The van der Waals surface area contributed by atoms with Gasteiger partial charge >= 0.3 is 0 Å². The minimum absolute atomic E-state index is 0.0627. The molecular weight excluding hydrogens is 270 g/mol. The zero-order valence-corrected chi connectivity index (χ0v) is 13.5. The van der Waals surface area contributed by atoms with Gasteiger partial charge in [0.2, 0.25) is 5.91 Å². The molecule has 1 N–H and O–H groups in total. The lowest BCUT2D eigenvalue weighted by Gasteiger charge is -2.29. The third-order valence-corrected chi connectivity index (χ3v) is 4.46. The number of nitrogens with zero attached hydrogens (tertiary/aromatic N) is 2. The summed E-state index contributed by atoms with van der Waals surface area (Å²) in [5, 5.41) is 5.68. The summed E-state index contributed by atoms with van der Waals surface area (Å²) in [5.41, 5.74) is 1.07. The van der Waals surface area contributed by atoms with Crippen LogP contribution in [0.4, 0.5) is 5.13 Å². The number of hydrogen-bond donors (Lipinski definition) is 1. The summed E-state index contributed by atoms with van der Waals surface area (Å²) < 4.78 is 0. The van der Waals surface area contributed by atoms with Crippen LogP contribution >= 0.6 is 11.3 Å². The second-order valence-corrected chi connectivity index (χ2v) is 7.11. The van der Waals surface area contributed by atoms with E-state index in [-0.39, 0.29) is 5.91 Å². The van der Waals surface area contributed by atoms with Gasteiger partial charge in [-0.25, -0.2) is 4.98 Å². The second-order valence-electron chi connectivity index (χ2n) is 6.25. The smallest absolute Gasteiger partial charge is 0.226 e. The molecule has 0 aromatic carbocycles. The van der Waals surface area contributed by atoms with Crippen molar-refractivity contribution in [2.45, 2.75) is 46.6 Å². The van der Waals surface area contributed by atoms with Gasteiger partial charge in [0.25, 0.3) is 0 Å². The molecule has 20 heavy (non-hydrogen) atoms. The van der Waals surface area contributed by atoms with Gasteiger partial charge in [-0.3, -0.25) is 9.69 Å². The summed E-state index contributed by atoms with van der Waals surface area (Å²) >= 11 is 1.52. The Morgan fingerprint density at radius 3 is 2.85 bits per heavy atom. The van der Waals surface area contributed by atoms with Crippen molar-refractivity contribution in [2.75, 3.05) is 18.4 Å². The van der Waals surface area contributed by atoms with E-state index in [1.54, 1.807) is 0 Å². The first-order chi connectivity index (χ1) is 9.52. The summed E-state index contributed by atoms with van der Waals surface area (Å²) in [6, 6.07) is 0. The Hall–Kier alpha value is -0.940. The van der Waals surface area contributed by atoms with Crippen LogP contribution in [0, 0.1) is 11.8 Å². The molecule has 2 heterocycles. The van der Waals surface area contributed by atoms with Gasteiger partial charge in [0.1, 0.15) is 0 Å². The molecule has 1 aromatic heterocycles. The molecule has 1 aliphatic heterocycles. The molecule has 1 aromatic rings. The van der Waals surface area contributed by atoms with Crippen molar-refractivity contribution in [3.8, 4) is 0 Å². The highest BCUT2D eigenvalue weighted by atomic mass is 32.1. The number of hydrogen-bond acceptors (Lipinski definition) is 4. The van der Waals surface area contributed by atoms with Crippen molar-refractivity contribution < 1.29 is 4.79 Å². The van der Waals surface area contributed by atoms with Crippen LogP contribution in [-0.2, 0) is 11.3 Å². The fourth-order valence-electron chi connectivity index (χ4n) is 2.43. The number of aromatic nitrogens is 1. The summed E-state index contributed by atoms with van der Waals surface area (Å²) in [6.07, 6.45) is 3.11. The van der Waals surface area contributed by atoms with Gasteiger partial charge in [-0.15, -0.1) is 11.3 Å². The first kappa shape index (κ1) is 15.4. The summed E-state index contributed by atoms with van der Waals surface area (Å²) in [7, 11) is 0. The van der Waals surface area contributed by atoms with E-state index in [2.05, 4.69) is 27.5 Å². The van der Waals surface area contributed by atoms with Crippen molar-refractivity contribution in [2.24, 2.45) is 11.8 Å². The van der Waals surface area contributed by atoms with Gasteiger partial charge < -0.3 is 5.32 Å². The molecule has 1 saturated heterocycles. The van der Waals surface area contributed by atoms with E-state index >= 15 is 0 Å². The van der Waals surface area contributed by atoms with Gasteiger partial charge in [0.05, 0.1) is 5.69 Å². The van der Waals surface area contributed by atoms with E-state index in [1.165, 1.54) is 24.2 Å². The minimum atomic E-state index is 0.0627. The Morgan fingerprint density at radius 1 is 1.50 bits per heavy atom. The maximum absolute atomic E-state index is 11.7. The van der Waals surface area contributed by atoms with E-state index in [4.69, 9.17) is 0 Å². The van der Waals surface area contributed by atoms with Crippen LogP contribution in [0.1, 0.15) is 45.7 Å². The standard InChI is InChI=1S/C15H25N3OS/c1-11(2)8-14(19)17-15-16-13(10-20-15)9-18-6-4-12(3)5-7-18/h10-12H,4-9H2,1-3H3,(H,16,17,19). The topological polar surface area (TPSA) is 45.2 Å². The Morgan fingerprint density at radius 2 is 2.20 bits per heavy atom. The Balaban J connectivity index is 1.81. The Bertz CT molecular complexity index is 436. The predicted molar refractivity (Wildman–Crippen MR) is 83.9 cm³/mol. The van der Waals surface area contributed by atoms with Crippen LogP contribution in [0.25, 0.3) is 0 Å². The number of likely N-dealkylation sites (tertiary alicyclic amines) is 1. The summed E-state index contributed by atoms with van der Waals surface area (Å²) in [4.78, 5) is 18.7. The van der Waals surface area contributed by atoms with E-state index in [0.29, 0.717) is 12.3 Å². The average molecular weight is 295 g/mol. The van der Waals surface area contributed by atoms with Crippen molar-refractivity contribution in [1.29, 1.82) is 0 Å². The van der Waals surface area contributed by atoms with E-state index < -0.39 is 0 Å². The number of carbonyl (C=O) groups excluding carboxylic acids is 1. The molecule has 0 atom stereocenters. The van der Waals surface area contributed by atoms with Crippen molar-refractivity contribution in [1.82, 2.24) is 9.88 Å². The molecule has 1 fully saturated rings. The SMILES string of the molecule is CC(C)CC(=O)Nc1nc(CN2CCC(C)CC2)cs1. The first-order valence-electron chi connectivity index (χ1n) is 7.49. The fraction of sp³-hybridized carbons (Fsp3) is 0.733. The lowest BCUT2D eigenvalue weighted by Crippen LogP contribution is -2.32. The number of nitrogens with one attached hydrogen (secondary N) is 1. The third kappa shape index (κ3) is 4.87. The number of carbonyl (C=O) groups is 1. The number of anilines is 1. The first-order valence-corrected chi connectivity index (χ1v) is 8.37. The van der Waals surface area contributed by atoms with Gasteiger partial charge in [0.15, 0.2) is 5.13 Å². The van der Waals surface area contributed by atoms with E-state index in [1.807, 2.05) is 13.8 Å². The van der Waals surface area contributed by atoms with E-state index in [0.717, 1.165) is 36.4 Å². The molecule has 0 bridgehead atoms. The van der Waals surface area contributed by atoms with Gasteiger partial charge in [-0.1, -0.05) is 20.8 Å². The lowest BCUT2D eigenvalue weighted by atomic mass is 9.99. The number of thiazole rings is 1. The maximum atomic E-state index is 11.7. The molecule has 0 saturated carbocycles. The van der Waals surface area contributed by atoms with Crippen LogP contribution in [0.3, 0.4) is 0 Å². The van der Waals surface area contributed by atoms with Crippen LogP contribution in [0.15, 0.2) is 5.38 Å². The highest BCUT2D eigenvalue weighted by molar-refractivity contribution is 7.13. The minimum Gasteiger partial charge on any atom is -0.302 e. The molecule has 0 radical (unpaired) electrons. The number of rotatable bonds is 5. The summed E-state index contributed by atoms with van der Waals surface area (Å²) in [5.74, 6) is 1.30. The highest BCUT2D eigenvalue weighted by Crippen LogP contribution is 2.21. The highest BCUT2D eigenvalue weighted by Gasteiger charge is 2.17. The molecule has 0 spiro atoms. The van der Waals surface area contributed by atoms with Crippen LogP contribution in [0.2, 0.25) is 0 Å². The second kappa shape index (κ2) is 7.18. The Kier molecular flexibility index (Phi) is 5.54. The maximum Gasteiger partial charge on any atom is 0.226 e. The zero-order valence-electron chi connectivity index (χ0n) is 12.7. The van der Waals surface area contributed by atoms with Crippen LogP contribution < -0.4 is 5.32 Å².